The molecule has 1 aliphatic rings. The molecule has 1 saturated heterocycles. The summed E-state index contributed by atoms with van der Waals surface area (Å²) in [4.78, 5) is 2.40. The standard InChI is InChI=1S/C22H29FN2O2/c1-3-26-20-14-17(15-21(22(20)23)27-4-2)16-25-12-10-19(11-13-25)24-18-8-6-5-7-9-18/h5-9,14-15,19,24H,3-4,10-13,16H2,1-2H3. The van der Waals surface area contributed by atoms with Gasteiger partial charge in [0, 0.05) is 31.4 Å². The fourth-order valence-electron chi connectivity index (χ4n) is 3.50. The van der Waals surface area contributed by atoms with E-state index in [2.05, 4.69) is 34.5 Å². The third kappa shape index (κ3) is 5.36. The summed E-state index contributed by atoms with van der Waals surface area (Å²) in [6.45, 7) is 7.38. The molecule has 0 spiro atoms. The predicted octanol–water partition coefficient (Wildman–Crippen LogP) is 4.70. The molecule has 0 atom stereocenters. The molecular formula is C22H29FN2O2. The Labute approximate surface area is 161 Å². The van der Waals surface area contributed by atoms with E-state index >= 15 is 0 Å². The van der Waals surface area contributed by atoms with Crippen molar-refractivity contribution in [1.29, 1.82) is 0 Å². The number of halogens is 1. The van der Waals surface area contributed by atoms with E-state index in [0.717, 1.165) is 38.0 Å². The van der Waals surface area contributed by atoms with E-state index in [1.54, 1.807) is 12.1 Å². The molecule has 0 radical (unpaired) electrons. The van der Waals surface area contributed by atoms with Gasteiger partial charge in [0.05, 0.1) is 13.2 Å². The molecule has 27 heavy (non-hydrogen) atoms. The molecule has 2 aromatic rings. The third-order valence-electron chi connectivity index (χ3n) is 4.80. The summed E-state index contributed by atoms with van der Waals surface area (Å²) in [5, 5.41) is 3.61. The molecule has 146 valence electrons. The molecule has 0 aromatic heterocycles. The van der Waals surface area contributed by atoms with Gasteiger partial charge in [-0.25, -0.2) is 0 Å². The molecule has 0 saturated carbocycles. The zero-order chi connectivity index (χ0) is 19.1. The highest BCUT2D eigenvalue weighted by molar-refractivity contribution is 5.43. The number of hydrogen-bond acceptors (Lipinski definition) is 4. The first-order valence-electron chi connectivity index (χ1n) is 9.81. The van der Waals surface area contributed by atoms with Gasteiger partial charge in [-0.15, -0.1) is 0 Å². The number of nitrogens with one attached hydrogen (secondary N) is 1. The second-order valence-corrected chi connectivity index (χ2v) is 6.83. The van der Waals surface area contributed by atoms with Crippen molar-refractivity contribution < 1.29 is 13.9 Å². The highest BCUT2D eigenvalue weighted by Crippen LogP contribution is 2.30. The van der Waals surface area contributed by atoms with Crippen LogP contribution in [0.25, 0.3) is 0 Å². The SMILES string of the molecule is CCOc1cc(CN2CCC(Nc3ccccc3)CC2)cc(OCC)c1F. The van der Waals surface area contributed by atoms with Gasteiger partial charge in [-0.1, -0.05) is 18.2 Å². The van der Waals surface area contributed by atoms with Crippen LogP contribution in [0, 0.1) is 5.82 Å². The Balaban J connectivity index is 1.59. The van der Waals surface area contributed by atoms with E-state index in [1.807, 2.05) is 19.9 Å². The van der Waals surface area contributed by atoms with E-state index in [0.29, 0.717) is 19.3 Å². The number of benzene rings is 2. The third-order valence-corrected chi connectivity index (χ3v) is 4.80. The lowest BCUT2D eigenvalue weighted by Gasteiger charge is -2.33. The van der Waals surface area contributed by atoms with Crippen molar-refractivity contribution in [3.8, 4) is 11.5 Å². The summed E-state index contributed by atoms with van der Waals surface area (Å²) in [5.74, 6) is 0.145. The summed E-state index contributed by atoms with van der Waals surface area (Å²) < 4.78 is 25.3. The monoisotopic (exact) mass is 372 g/mol. The van der Waals surface area contributed by atoms with Crippen molar-refractivity contribution in [2.75, 3.05) is 31.6 Å². The molecule has 0 amide bonds. The van der Waals surface area contributed by atoms with Crippen molar-refractivity contribution in [3.63, 3.8) is 0 Å². The summed E-state index contributed by atoms with van der Waals surface area (Å²) in [6, 6.07) is 14.4. The number of para-hydroxylation sites is 1. The maximum Gasteiger partial charge on any atom is 0.206 e. The largest absolute Gasteiger partial charge is 0.491 e. The number of nitrogens with zero attached hydrogens (tertiary/aromatic N) is 1. The number of hydrogen-bond donors (Lipinski definition) is 1. The topological polar surface area (TPSA) is 33.7 Å². The maximum atomic E-state index is 14.4. The summed E-state index contributed by atoms with van der Waals surface area (Å²) in [6.07, 6.45) is 2.18. The molecule has 1 heterocycles. The second kappa shape index (κ2) is 9.60. The number of ether oxygens (including phenoxy) is 2. The molecule has 1 fully saturated rings. The van der Waals surface area contributed by atoms with Gasteiger partial charge in [-0.3, -0.25) is 4.90 Å². The first kappa shape index (κ1) is 19.5. The van der Waals surface area contributed by atoms with E-state index in [4.69, 9.17) is 9.47 Å². The minimum atomic E-state index is -0.409. The lowest BCUT2D eigenvalue weighted by atomic mass is 10.0. The molecule has 1 N–H and O–H groups in total. The smallest absolute Gasteiger partial charge is 0.206 e. The van der Waals surface area contributed by atoms with Crippen molar-refractivity contribution >= 4 is 5.69 Å². The lowest BCUT2D eigenvalue weighted by molar-refractivity contribution is 0.210. The summed E-state index contributed by atoms with van der Waals surface area (Å²) >= 11 is 0. The molecule has 3 rings (SSSR count). The number of piperidine rings is 1. The fraction of sp³-hybridized carbons (Fsp3) is 0.455. The van der Waals surface area contributed by atoms with E-state index in [-0.39, 0.29) is 11.5 Å². The Kier molecular flexibility index (Phi) is 6.93. The summed E-state index contributed by atoms with van der Waals surface area (Å²) in [7, 11) is 0. The molecule has 4 nitrogen and oxygen atoms in total. The van der Waals surface area contributed by atoms with Gasteiger partial charge < -0.3 is 14.8 Å². The van der Waals surface area contributed by atoms with Crippen LogP contribution in [0.4, 0.5) is 10.1 Å². The van der Waals surface area contributed by atoms with Crippen molar-refractivity contribution in [2.45, 2.75) is 39.3 Å². The molecule has 0 bridgehead atoms. The molecule has 2 aromatic carbocycles. The first-order chi connectivity index (χ1) is 13.2. The Morgan fingerprint density at radius 3 is 2.15 bits per heavy atom. The average molecular weight is 372 g/mol. The van der Waals surface area contributed by atoms with Gasteiger partial charge in [0.25, 0.3) is 0 Å². The van der Waals surface area contributed by atoms with Crippen LogP contribution in [0.15, 0.2) is 42.5 Å². The van der Waals surface area contributed by atoms with Crippen molar-refractivity contribution in [2.24, 2.45) is 0 Å². The predicted molar refractivity (Wildman–Crippen MR) is 107 cm³/mol. The van der Waals surface area contributed by atoms with Crippen LogP contribution in [-0.4, -0.2) is 37.2 Å². The molecule has 0 aliphatic carbocycles. The van der Waals surface area contributed by atoms with Gasteiger partial charge in [0.2, 0.25) is 5.82 Å². The highest BCUT2D eigenvalue weighted by Gasteiger charge is 2.20. The van der Waals surface area contributed by atoms with Crippen LogP contribution in [0.3, 0.4) is 0 Å². The zero-order valence-electron chi connectivity index (χ0n) is 16.2. The van der Waals surface area contributed by atoms with Crippen LogP contribution in [0.1, 0.15) is 32.3 Å². The van der Waals surface area contributed by atoms with Gasteiger partial charge in [0.1, 0.15) is 0 Å². The Hall–Kier alpha value is -2.27. The van der Waals surface area contributed by atoms with E-state index in [9.17, 15) is 4.39 Å². The second-order valence-electron chi connectivity index (χ2n) is 6.83. The van der Waals surface area contributed by atoms with Crippen LogP contribution in [0.5, 0.6) is 11.5 Å². The van der Waals surface area contributed by atoms with Crippen LogP contribution < -0.4 is 14.8 Å². The van der Waals surface area contributed by atoms with Crippen molar-refractivity contribution in [1.82, 2.24) is 4.90 Å². The van der Waals surface area contributed by atoms with E-state index < -0.39 is 5.82 Å². The number of anilines is 1. The summed E-state index contributed by atoms with van der Waals surface area (Å²) in [5.41, 5.74) is 2.20. The van der Waals surface area contributed by atoms with Crippen molar-refractivity contribution in [3.05, 3.63) is 53.8 Å². The minimum Gasteiger partial charge on any atom is -0.491 e. The minimum absolute atomic E-state index is 0.277. The van der Waals surface area contributed by atoms with Crippen LogP contribution >= 0.6 is 0 Å². The zero-order valence-corrected chi connectivity index (χ0v) is 16.2. The van der Waals surface area contributed by atoms with Gasteiger partial charge in [-0.05, 0) is 56.5 Å². The van der Waals surface area contributed by atoms with Gasteiger partial charge in [0.15, 0.2) is 11.5 Å². The molecule has 5 heteroatoms. The van der Waals surface area contributed by atoms with Gasteiger partial charge >= 0.3 is 0 Å². The molecule has 1 aliphatic heterocycles. The average Bonchev–Trinajstić information content (AvgIpc) is 2.68. The first-order valence-corrected chi connectivity index (χ1v) is 9.81. The Morgan fingerprint density at radius 1 is 1.00 bits per heavy atom. The normalized spacial score (nSPS) is 15.5. The number of likely N-dealkylation sites (tertiary alicyclic amines) is 1. The Bertz CT molecular complexity index is 689. The highest BCUT2D eigenvalue weighted by atomic mass is 19.1. The maximum absolute atomic E-state index is 14.4. The van der Waals surface area contributed by atoms with Crippen LogP contribution in [-0.2, 0) is 6.54 Å². The van der Waals surface area contributed by atoms with Gasteiger partial charge in [-0.2, -0.15) is 4.39 Å². The lowest BCUT2D eigenvalue weighted by Crippen LogP contribution is -2.38. The number of rotatable bonds is 8. The molecular weight excluding hydrogens is 343 g/mol. The molecule has 0 unspecified atom stereocenters. The fourth-order valence-corrected chi connectivity index (χ4v) is 3.50. The quantitative estimate of drug-likeness (QED) is 0.728. The van der Waals surface area contributed by atoms with Crippen LogP contribution in [0.2, 0.25) is 0 Å². The van der Waals surface area contributed by atoms with E-state index in [1.165, 1.54) is 5.69 Å². The Morgan fingerprint density at radius 2 is 1.59 bits per heavy atom.